The second kappa shape index (κ2) is 5.83. The minimum atomic E-state index is -0.336. The number of aromatic hydroxyl groups is 1. The van der Waals surface area contributed by atoms with Gasteiger partial charge in [-0.1, -0.05) is 30.3 Å². The Balaban J connectivity index is 2.06. The van der Waals surface area contributed by atoms with Crippen LogP contribution < -0.4 is 5.56 Å². The predicted octanol–water partition coefficient (Wildman–Crippen LogP) is 2.48. The summed E-state index contributed by atoms with van der Waals surface area (Å²) in [5, 5.41) is 20.1. The molecule has 3 rings (SSSR count). The van der Waals surface area contributed by atoms with E-state index in [2.05, 4.69) is 9.98 Å². The van der Waals surface area contributed by atoms with Crippen molar-refractivity contribution < 1.29 is 10.2 Å². The first-order valence-electron chi connectivity index (χ1n) is 6.77. The lowest BCUT2D eigenvalue weighted by Gasteiger charge is -2.04. The van der Waals surface area contributed by atoms with Crippen LogP contribution in [0.1, 0.15) is 11.1 Å². The molecule has 1 heterocycles. The molecule has 0 aliphatic rings. The maximum Gasteiger partial charge on any atom is 0.258 e. The highest BCUT2D eigenvalue weighted by molar-refractivity contribution is 6.01. The van der Waals surface area contributed by atoms with E-state index < -0.39 is 0 Å². The van der Waals surface area contributed by atoms with Crippen LogP contribution in [0.5, 0.6) is 5.88 Å². The van der Waals surface area contributed by atoms with Gasteiger partial charge in [-0.2, -0.15) is 0 Å². The van der Waals surface area contributed by atoms with Crippen molar-refractivity contribution in [3.63, 3.8) is 0 Å². The Hall–Kier alpha value is -2.92. The molecule has 0 atom stereocenters. The molecule has 0 fully saturated rings. The number of H-pyrrole nitrogens is 1. The van der Waals surface area contributed by atoms with Crippen molar-refractivity contribution in [2.45, 2.75) is 6.61 Å². The molecule has 0 aliphatic heterocycles. The highest BCUT2D eigenvalue weighted by Gasteiger charge is 2.08. The Morgan fingerprint density at radius 1 is 1.05 bits per heavy atom. The zero-order valence-corrected chi connectivity index (χ0v) is 11.7. The largest absolute Gasteiger partial charge is 0.494 e. The van der Waals surface area contributed by atoms with Gasteiger partial charge in [0.05, 0.1) is 17.9 Å². The summed E-state index contributed by atoms with van der Waals surface area (Å²) in [5.41, 5.74) is 1.61. The van der Waals surface area contributed by atoms with Crippen molar-refractivity contribution in [2.24, 2.45) is 4.99 Å². The van der Waals surface area contributed by atoms with Crippen LogP contribution in [0.3, 0.4) is 0 Å². The number of rotatable bonds is 3. The van der Waals surface area contributed by atoms with Crippen molar-refractivity contribution in [1.29, 1.82) is 0 Å². The standard InChI is InChI=1S/C17H14N2O3/c20-10-11-5-7-12(8-6-11)18-9-15-13-3-1-2-4-14(13)16(21)19-17(15)22/h1-9,20H,10H2,(H2,19,21,22). The van der Waals surface area contributed by atoms with Gasteiger partial charge in [0.15, 0.2) is 0 Å². The van der Waals surface area contributed by atoms with Crippen molar-refractivity contribution in [3.8, 4) is 5.88 Å². The quantitative estimate of drug-likeness (QED) is 0.649. The molecular formula is C17H14N2O3. The number of nitrogens with one attached hydrogen (secondary N) is 1. The minimum absolute atomic E-state index is 0.0185. The molecule has 22 heavy (non-hydrogen) atoms. The summed E-state index contributed by atoms with van der Waals surface area (Å²) in [6.45, 7) is -0.0185. The molecule has 110 valence electrons. The fourth-order valence-corrected chi connectivity index (χ4v) is 2.24. The maximum atomic E-state index is 11.8. The summed E-state index contributed by atoms with van der Waals surface area (Å²) in [6, 6.07) is 14.1. The van der Waals surface area contributed by atoms with Gasteiger partial charge in [-0.3, -0.25) is 14.8 Å². The molecule has 0 radical (unpaired) electrons. The van der Waals surface area contributed by atoms with E-state index in [4.69, 9.17) is 5.11 Å². The number of aliphatic hydroxyl groups is 1. The van der Waals surface area contributed by atoms with Gasteiger partial charge in [-0.15, -0.1) is 0 Å². The number of hydrogen-bond acceptors (Lipinski definition) is 4. The van der Waals surface area contributed by atoms with E-state index in [1.165, 1.54) is 6.21 Å². The number of aromatic nitrogens is 1. The summed E-state index contributed by atoms with van der Waals surface area (Å²) >= 11 is 0. The molecule has 2 aromatic carbocycles. The smallest absolute Gasteiger partial charge is 0.258 e. The van der Waals surface area contributed by atoms with E-state index in [0.29, 0.717) is 22.0 Å². The lowest BCUT2D eigenvalue weighted by atomic mass is 10.1. The van der Waals surface area contributed by atoms with Crippen LogP contribution in [-0.4, -0.2) is 21.4 Å². The van der Waals surface area contributed by atoms with Crippen LogP contribution in [0.15, 0.2) is 58.3 Å². The normalized spacial score (nSPS) is 11.3. The molecule has 5 nitrogen and oxygen atoms in total. The molecule has 0 bridgehead atoms. The number of fused-ring (bicyclic) bond motifs is 1. The summed E-state index contributed by atoms with van der Waals surface area (Å²) in [4.78, 5) is 18.5. The molecule has 5 heteroatoms. The van der Waals surface area contributed by atoms with Crippen molar-refractivity contribution >= 4 is 22.7 Å². The Morgan fingerprint density at radius 3 is 2.41 bits per heavy atom. The number of nitrogens with zero attached hydrogens (tertiary/aromatic N) is 1. The van der Waals surface area contributed by atoms with Crippen LogP contribution in [0.2, 0.25) is 0 Å². The van der Waals surface area contributed by atoms with Gasteiger partial charge in [-0.05, 0) is 23.8 Å². The molecule has 0 saturated heterocycles. The average Bonchev–Trinajstić information content (AvgIpc) is 2.55. The van der Waals surface area contributed by atoms with E-state index in [1.807, 2.05) is 0 Å². The minimum Gasteiger partial charge on any atom is -0.494 e. The van der Waals surface area contributed by atoms with Gasteiger partial charge in [-0.25, -0.2) is 0 Å². The number of aromatic amines is 1. The molecule has 0 aliphatic carbocycles. The second-order valence-corrected chi connectivity index (χ2v) is 4.84. The summed E-state index contributed by atoms with van der Waals surface area (Å²) in [5.74, 6) is -0.209. The zero-order valence-electron chi connectivity index (χ0n) is 11.7. The first-order valence-corrected chi connectivity index (χ1v) is 6.77. The fraction of sp³-hybridized carbons (Fsp3) is 0.0588. The molecule has 1 aromatic heterocycles. The topological polar surface area (TPSA) is 85.7 Å². The third-order valence-corrected chi connectivity index (χ3v) is 3.41. The predicted molar refractivity (Wildman–Crippen MR) is 85.9 cm³/mol. The molecule has 0 spiro atoms. The Morgan fingerprint density at radius 2 is 1.73 bits per heavy atom. The zero-order chi connectivity index (χ0) is 15.5. The summed E-state index contributed by atoms with van der Waals surface area (Å²) in [7, 11) is 0. The maximum absolute atomic E-state index is 11.8. The van der Waals surface area contributed by atoms with Crippen LogP contribution >= 0.6 is 0 Å². The molecule has 3 aromatic rings. The lowest BCUT2D eigenvalue weighted by molar-refractivity contribution is 0.282. The third-order valence-electron chi connectivity index (χ3n) is 3.41. The number of aliphatic imine (C=N–C) groups is 1. The van der Waals surface area contributed by atoms with Crippen molar-refractivity contribution in [3.05, 3.63) is 70.0 Å². The van der Waals surface area contributed by atoms with Gasteiger partial charge < -0.3 is 10.2 Å². The van der Waals surface area contributed by atoms with Crippen LogP contribution in [0, 0.1) is 0 Å². The SMILES string of the molecule is O=c1[nH]c(O)c(C=Nc2ccc(CO)cc2)c2ccccc12. The summed E-state index contributed by atoms with van der Waals surface area (Å²) < 4.78 is 0. The Labute approximate surface area is 126 Å². The number of pyridine rings is 1. The van der Waals surface area contributed by atoms with Crippen molar-refractivity contribution in [2.75, 3.05) is 0 Å². The molecular weight excluding hydrogens is 280 g/mol. The van der Waals surface area contributed by atoms with E-state index in [0.717, 1.165) is 5.56 Å². The van der Waals surface area contributed by atoms with E-state index in [1.54, 1.807) is 48.5 Å². The molecule has 0 saturated carbocycles. The second-order valence-electron chi connectivity index (χ2n) is 4.84. The van der Waals surface area contributed by atoms with Gasteiger partial charge in [0.1, 0.15) is 0 Å². The van der Waals surface area contributed by atoms with Gasteiger partial charge in [0.2, 0.25) is 5.88 Å². The van der Waals surface area contributed by atoms with Gasteiger partial charge in [0, 0.05) is 17.0 Å². The van der Waals surface area contributed by atoms with Crippen LogP contribution in [0.4, 0.5) is 5.69 Å². The lowest BCUT2D eigenvalue weighted by Crippen LogP contribution is -2.07. The van der Waals surface area contributed by atoms with Crippen LogP contribution in [-0.2, 0) is 6.61 Å². The van der Waals surface area contributed by atoms with Crippen molar-refractivity contribution in [1.82, 2.24) is 4.98 Å². The first-order chi connectivity index (χ1) is 10.7. The third kappa shape index (κ3) is 2.62. The Bertz CT molecular complexity index is 896. The van der Waals surface area contributed by atoms with E-state index >= 15 is 0 Å². The highest BCUT2D eigenvalue weighted by Crippen LogP contribution is 2.21. The first kappa shape index (κ1) is 14.0. The molecule has 0 amide bonds. The van der Waals surface area contributed by atoms with Gasteiger partial charge >= 0.3 is 0 Å². The average molecular weight is 294 g/mol. The number of aliphatic hydroxyl groups excluding tert-OH is 1. The number of hydrogen-bond donors (Lipinski definition) is 3. The monoisotopic (exact) mass is 294 g/mol. The van der Waals surface area contributed by atoms with Crippen LogP contribution in [0.25, 0.3) is 10.8 Å². The highest BCUT2D eigenvalue weighted by atomic mass is 16.3. The fourth-order valence-electron chi connectivity index (χ4n) is 2.24. The number of benzene rings is 2. The molecule has 0 unspecified atom stereocenters. The molecule has 3 N–H and O–H groups in total. The van der Waals surface area contributed by atoms with E-state index in [-0.39, 0.29) is 18.0 Å². The summed E-state index contributed by atoms with van der Waals surface area (Å²) in [6.07, 6.45) is 1.52. The Kier molecular flexibility index (Phi) is 3.72. The van der Waals surface area contributed by atoms with Gasteiger partial charge in [0.25, 0.3) is 5.56 Å². The van der Waals surface area contributed by atoms with E-state index in [9.17, 15) is 9.90 Å².